The Bertz CT molecular complexity index is 1510. The first-order chi connectivity index (χ1) is 17.5. The molecule has 12 heteroatoms. The molecule has 0 saturated heterocycles. The number of amides is 2. The topological polar surface area (TPSA) is 135 Å². The molecular weight excluding hydrogens is 541 g/mol. The molecule has 3 aromatic rings. The van der Waals surface area contributed by atoms with Crippen LogP contribution in [0.1, 0.15) is 12.5 Å². The van der Waals surface area contributed by atoms with Crippen LogP contribution >= 0.6 is 23.2 Å². The van der Waals surface area contributed by atoms with Crippen LogP contribution in [0.4, 0.5) is 11.4 Å². The second kappa shape index (κ2) is 11.8. The molecule has 0 aromatic heterocycles. The van der Waals surface area contributed by atoms with Crippen molar-refractivity contribution in [1.29, 1.82) is 5.26 Å². The number of nitrogens with zero attached hydrogens (tertiary/aromatic N) is 1. The molecule has 0 atom stereocenters. The van der Waals surface area contributed by atoms with Gasteiger partial charge in [-0.15, -0.1) is 0 Å². The van der Waals surface area contributed by atoms with E-state index in [2.05, 4.69) is 10.6 Å². The number of carbonyl (C=O) groups is 2. The van der Waals surface area contributed by atoms with Crippen molar-refractivity contribution in [2.24, 2.45) is 0 Å². The van der Waals surface area contributed by atoms with Crippen LogP contribution in [0.2, 0.25) is 10.0 Å². The fourth-order valence-electron chi connectivity index (χ4n) is 3.06. The first kappa shape index (κ1) is 27.5. The second-order valence-electron chi connectivity index (χ2n) is 7.44. The van der Waals surface area contributed by atoms with Gasteiger partial charge in [0, 0.05) is 28.3 Å². The molecule has 190 valence electrons. The Hall–Kier alpha value is -4.04. The normalized spacial score (nSPS) is 11.3. The highest BCUT2D eigenvalue weighted by atomic mass is 35.5. The summed E-state index contributed by atoms with van der Waals surface area (Å²) in [7, 11) is -2.96. The molecule has 0 heterocycles. The van der Waals surface area contributed by atoms with Crippen LogP contribution in [-0.2, 0) is 19.7 Å². The molecule has 0 fully saturated rings. The second-order valence-corrected chi connectivity index (χ2v) is 9.85. The average molecular weight is 560 g/mol. The van der Waals surface area contributed by atoms with E-state index < -0.39 is 16.0 Å². The third-order valence-electron chi connectivity index (χ3n) is 4.65. The van der Waals surface area contributed by atoms with Crippen LogP contribution in [0.5, 0.6) is 11.5 Å². The van der Waals surface area contributed by atoms with Crippen LogP contribution in [0, 0.1) is 11.3 Å². The molecule has 0 spiro atoms. The first-order valence-electron chi connectivity index (χ1n) is 10.4. The van der Waals surface area contributed by atoms with E-state index in [9.17, 15) is 23.3 Å². The smallest absolute Gasteiger partial charge is 0.339 e. The van der Waals surface area contributed by atoms with Crippen molar-refractivity contribution in [1.82, 2.24) is 0 Å². The first-order valence-corrected chi connectivity index (χ1v) is 12.6. The van der Waals surface area contributed by atoms with Gasteiger partial charge >= 0.3 is 10.1 Å². The summed E-state index contributed by atoms with van der Waals surface area (Å²) in [5.74, 6) is -1.09. The summed E-state index contributed by atoms with van der Waals surface area (Å²) in [6, 6.07) is 15.9. The minimum Gasteiger partial charge on any atom is -0.493 e. The molecule has 0 unspecified atom stereocenters. The Morgan fingerprint density at radius 3 is 2.14 bits per heavy atom. The Balaban J connectivity index is 1.87. The van der Waals surface area contributed by atoms with E-state index >= 15 is 0 Å². The van der Waals surface area contributed by atoms with Crippen molar-refractivity contribution in [3.63, 3.8) is 0 Å². The molecule has 0 radical (unpaired) electrons. The zero-order valence-corrected chi connectivity index (χ0v) is 21.7. The van der Waals surface area contributed by atoms with E-state index in [-0.39, 0.29) is 33.6 Å². The fourth-order valence-corrected chi connectivity index (χ4v) is 4.52. The lowest BCUT2D eigenvalue weighted by atomic mass is 10.1. The molecule has 0 aliphatic carbocycles. The molecule has 2 amide bonds. The molecular formula is C25H19Cl2N3O6S. The maximum Gasteiger partial charge on any atom is 0.339 e. The minimum atomic E-state index is -4.29. The van der Waals surface area contributed by atoms with Crippen LogP contribution in [0.3, 0.4) is 0 Å². The lowest BCUT2D eigenvalue weighted by Crippen LogP contribution is -2.13. The number of halogens is 2. The summed E-state index contributed by atoms with van der Waals surface area (Å²) in [6.07, 6.45) is 1.25. The lowest BCUT2D eigenvalue weighted by Gasteiger charge is -2.12. The standard InChI is InChI=1S/C25H19Cl2N3O6S/c1-15(31)29-20-4-6-22(7-5-20)37(33,34)36-24-10-16(3-8-23(24)35-2)9-17(14-28)25(32)30-21-12-18(26)11-19(27)13-21/h3-13H,1-2H3,(H,29,31)(H,30,32)/b17-9+. The van der Waals surface area contributed by atoms with Crippen molar-refractivity contribution < 1.29 is 26.9 Å². The molecule has 3 rings (SSSR count). The van der Waals surface area contributed by atoms with Gasteiger partial charge in [0.05, 0.1) is 7.11 Å². The number of ether oxygens (including phenoxy) is 1. The van der Waals surface area contributed by atoms with Crippen molar-refractivity contribution in [3.8, 4) is 17.6 Å². The highest BCUT2D eigenvalue weighted by Crippen LogP contribution is 2.32. The van der Waals surface area contributed by atoms with Gasteiger partial charge in [-0.1, -0.05) is 29.3 Å². The van der Waals surface area contributed by atoms with Crippen molar-refractivity contribution in [3.05, 3.63) is 81.8 Å². The third-order valence-corrected chi connectivity index (χ3v) is 6.33. The van der Waals surface area contributed by atoms with Gasteiger partial charge in [-0.25, -0.2) is 0 Å². The van der Waals surface area contributed by atoms with Gasteiger partial charge in [-0.2, -0.15) is 13.7 Å². The number of carbonyl (C=O) groups excluding carboxylic acids is 2. The van der Waals surface area contributed by atoms with E-state index in [0.29, 0.717) is 21.3 Å². The number of nitrogens with one attached hydrogen (secondary N) is 2. The summed E-state index contributed by atoms with van der Waals surface area (Å²) in [4.78, 5) is 23.6. The van der Waals surface area contributed by atoms with Gasteiger partial charge in [-0.05, 0) is 66.2 Å². The summed E-state index contributed by atoms with van der Waals surface area (Å²) >= 11 is 11.9. The molecule has 3 aromatic carbocycles. The van der Waals surface area contributed by atoms with Crippen molar-refractivity contribution >= 4 is 62.6 Å². The van der Waals surface area contributed by atoms with E-state index in [1.54, 1.807) is 6.07 Å². The van der Waals surface area contributed by atoms with Gasteiger partial charge in [0.1, 0.15) is 16.5 Å². The number of benzene rings is 3. The van der Waals surface area contributed by atoms with Gasteiger partial charge in [-0.3, -0.25) is 9.59 Å². The SMILES string of the molecule is COc1ccc(/C=C(\C#N)C(=O)Nc2cc(Cl)cc(Cl)c2)cc1OS(=O)(=O)c1ccc(NC(C)=O)cc1. The highest BCUT2D eigenvalue weighted by Gasteiger charge is 2.20. The van der Waals surface area contributed by atoms with Gasteiger partial charge in [0.15, 0.2) is 11.5 Å². The van der Waals surface area contributed by atoms with Crippen LogP contribution in [0.15, 0.2) is 71.1 Å². The number of nitriles is 1. The monoisotopic (exact) mass is 559 g/mol. The maximum atomic E-state index is 12.8. The van der Waals surface area contributed by atoms with Gasteiger partial charge in [0.2, 0.25) is 5.91 Å². The molecule has 0 saturated carbocycles. The van der Waals surface area contributed by atoms with E-state index in [0.717, 1.165) is 0 Å². The van der Waals surface area contributed by atoms with Crippen molar-refractivity contribution in [2.45, 2.75) is 11.8 Å². The zero-order valence-electron chi connectivity index (χ0n) is 19.4. The summed E-state index contributed by atoms with van der Waals surface area (Å²) < 4.78 is 36.2. The summed E-state index contributed by atoms with van der Waals surface area (Å²) in [5.41, 5.74) is 0.725. The predicted molar refractivity (Wildman–Crippen MR) is 140 cm³/mol. The molecule has 0 aliphatic heterocycles. The number of hydrogen-bond donors (Lipinski definition) is 2. The number of anilines is 2. The van der Waals surface area contributed by atoms with Gasteiger partial charge < -0.3 is 19.6 Å². The predicted octanol–water partition coefficient (Wildman–Crippen LogP) is 5.27. The Morgan fingerprint density at radius 2 is 1.57 bits per heavy atom. The molecule has 37 heavy (non-hydrogen) atoms. The van der Waals surface area contributed by atoms with E-state index in [1.807, 2.05) is 0 Å². The molecule has 0 aliphatic rings. The van der Waals surface area contributed by atoms with Gasteiger partial charge in [0.25, 0.3) is 5.91 Å². The van der Waals surface area contributed by atoms with Crippen LogP contribution < -0.4 is 19.6 Å². The van der Waals surface area contributed by atoms with Crippen LogP contribution in [-0.4, -0.2) is 27.3 Å². The molecule has 9 nitrogen and oxygen atoms in total. The van der Waals surface area contributed by atoms with E-state index in [4.69, 9.17) is 32.1 Å². The minimum absolute atomic E-state index is 0.104. The fraction of sp³-hybridized carbons (Fsp3) is 0.0800. The number of methoxy groups -OCH3 is 1. The average Bonchev–Trinajstić information content (AvgIpc) is 2.81. The Morgan fingerprint density at radius 1 is 0.919 bits per heavy atom. The summed E-state index contributed by atoms with van der Waals surface area (Å²) in [6.45, 7) is 1.33. The maximum absolute atomic E-state index is 12.8. The quantitative estimate of drug-likeness (QED) is 0.218. The zero-order chi connectivity index (χ0) is 27.2. The summed E-state index contributed by atoms with van der Waals surface area (Å²) in [5, 5.41) is 15.2. The molecule has 2 N–H and O–H groups in total. The lowest BCUT2D eigenvalue weighted by molar-refractivity contribution is -0.114. The Labute approximate surface area is 223 Å². The third kappa shape index (κ3) is 7.47. The highest BCUT2D eigenvalue weighted by molar-refractivity contribution is 7.87. The van der Waals surface area contributed by atoms with Crippen molar-refractivity contribution in [2.75, 3.05) is 17.7 Å². The number of hydrogen-bond acceptors (Lipinski definition) is 7. The number of rotatable bonds is 8. The van der Waals surface area contributed by atoms with Crippen LogP contribution in [0.25, 0.3) is 6.08 Å². The Kier molecular flexibility index (Phi) is 8.78. The molecule has 0 bridgehead atoms. The largest absolute Gasteiger partial charge is 0.493 e. The van der Waals surface area contributed by atoms with E-state index in [1.165, 1.54) is 80.8 Å².